The third-order valence-corrected chi connectivity index (χ3v) is 3.87. The molecule has 1 aromatic carbocycles. The fourth-order valence-corrected chi connectivity index (χ4v) is 2.26. The second kappa shape index (κ2) is 9.30. The number of hydrogen-bond donors (Lipinski definition) is 3. The van der Waals surface area contributed by atoms with Crippen molar-refractivity contribution in [1.82, 2.24) is 10.6 Å². The van der Waals surface area contributed by atoms with Gasteiger partial charge in [-0.15, -0.1) is 0 Å². The van der Waals surface area contributed by atoms with Crippen molar-refractivity contribution in [2.24, 2.45) is 5.92 Å². The highest BCUT2D eigenvalue weighted by molar-refractivity contribution is 5.98. The lowest BCUT2D eigenvalue weighted by atomic mass is 10.0. The van der Waals surface area contributed by atoms with Crippen LogP contribution in [0, 0.1) is 12.8 Å². The Morgan fingerprint density at radius 2 is 1.87 bits per heavy atom. The minimum Gasteiger partial charge on any atom is -0.393 e. The van der Waals surface area contributed by atoms with Crippen LogP contribution in [0.15, 0.2) is 24.3 Å². The molecule has 2 unspecified atom stereocenters. The number of benzene rings is 1. The molecule has 0 radical (unpaired) electrons. The van der Waals surface area contributed by atoms with Crippen LogP contribution in [0.5, 0.6) is 0 Å². The highest BCUT2D eigenvalue weighted by atomic mass is 16.3. The fraction of sp³-hybridized carbons (Fsp3) is 0.556. The number of carbonyl (C=O) groups is 2. The van der Waals surface area contributed by atoms with E-state index < -0.39 is 12.1 Å². The molecular formula is C18H28N2O3. The van der Waals surface area contributed by atoms with Gasteiger partial charge in [0.15, 0.2) is 0 Å². The van der Waals surface area contributed by atoms with E-state index in [0.29, 0.717) is 24.9 Å². The molecule has 128 valence electrons. The van der Waals surface area contributed by atoms with Gasteiger partial charge in [-0.2, -0.15) is 0 Å². The summed E-state index contributed by atoms with van der Waals surface area (Å²) in [5.74, 6) is -0.491. The number of carbonyl (C=O) groups excluding carboxylic acids is 2. The lowest BCUT2D eigenvalue weighted by Crippen LogP contribution is -2.50. The van der Waals surface area contributed by atoms with E-state index >= 15 is 0 Å². The molecule has 5 heteroatoms. The summed E-state index contributed by atoms with van der Waals surface area (Å²) >= 11 is 0. The Bertz CT molecular complexity index is 529. The first-order valence-electron chi connectivity index (χ1n) is 8.19. The number of aliphatic hydroxyl groups is 1. The van der Waals surface area contributed by atoms with Crippen molar-refractivity contribution in [3.05, 3.63) is 35.4 Å². The van der Waals surface area contributed by atoms with Crippen molar-refractivity contribution >= 4 is 11.8 Å². The van der Waals surface area contributed by atoms with Crippen LogP contribution in [0.2, 0.25) is 0 Å². The molecule has 1 aromatic rings. The van der Waals surface area contributed by atoms with E-state index in [-0.39, 0.29) is 17.7 Å². The summed E-state index contributed by atoms with van der Waals surface area (Å²) in [6.45, 7) is 7.95. The Kier molecular flexibility index (Phi) is 7.75. The molecule has 0 saturated carbocycles. The molecule has 0 heterocycles. The average Bonchev–Trinajstić information content (AvgIpc) is 2.52. The minimum atomic E-state index is -0.596. The zero-order valence-corrected chi connectivity index (χ0v) is 14.4. The second-order valence-electron chi connectivity index (χ2n) is 6.15. The lowest BCUT2D eigenvalue weighted by molar-refractivity contribution is -0.124. The average molecular weight is 320 g/mol. The van der Waals surface area contributed by atoms with E-state index in [1.54, 1.807) is 12.1 Å². The van der Waals surface area contributed by atoms with E-state index in [9.17, 15) is 14.7 Å². The molecule has 3 N–H and O–H groups in total. The summed E-state index contributed by atoms with van der Waals surface area (Å²) in [6.07, 6.45) is 0.765. The Morgan fingerprint density at radius 1 is 1.22 bits per heavy atom. The van der Waals surface area contributed by atoms with Gasteiger partial charge in [-0.1, -0.05) is 39.0 Å². The maximum atomic E-state index is 12.4. The van der Waals surface area contributed by atoms with Crippen LogP contribution in [0.4, 0.5) is 0 Å². The SMILES string of the molecule is CCC(O)CCNC(=O)C(NC(=O)c1ccccc1C)C(C)C. The molecule has 0 bridgehead atoms. The van der Waals surface area contributed by atoms with Gasteiger partial charge in [0, 0.05) is 12.1 Å². The van der Waals surface area contributed by atoms with Crippen LogP contribution in [0.3, 0.4) is 0 Å². The highest BCUT2D eigenvalue weighted by Crippen LogP contribution is 2.09. The van der Waals surface area contributed by atoms with Crippen molar-refractivity contribution in [2.75, 3.05) is 6.54 Å². The van der Waals surface area contributed by atoms with Gasteiger partial charge in [0.1, 0.15) is 6.04 Å². The van der Waals surface area contributed by atoms with Gasteiger partial charge in [0.2, 0.25) is 5.91 Å². The third kappa shape index (κ3) is 6.02. The molecule has 0 aliphatic rings. The van der Waals surface area contributed by atoms with Gasteiger partial charge >= 0.3 is 0 Å². The maximum Gasteiger partial charge on any atom is 0.252 e. The number of rotatable bonds is 8. The molecule has 2 atom stereocenters. The summed E-state index contributed by atoms with van der Waals surface area (Å²) in [7, 11) is 0. The predicted molar refractivity (Wildman–Crippen MR) is 91.2 cm³/mol. The van der Waals surface area contributed by atoms with Crippen molar-refractivity contribution in [1.29, 1.82) is 0 Å². The van der Waals surface area contributed by atoms with E-state index in [2.05, 4.69) is 10.6 Å². The summed E-state index contributed by atoms with van der Waals surface area (Å²) in [5, 5.41) is 15.1. The van der Waals surface area contributed by atoms with Crippen LogP contribution in [-0.4, -0.2) is 35.6 Å². The molecule has 5 nitrogen and oxygen atoms in total. The van der Waals surface area contributed by atoms with Gasteiger partial charge in [-0.3, -0.25) is 9.59 Å². The maximum absolute atomic E-state index is 12.4. The third-order valence-electron chi connectivity index (χ3n) is 3.87. The highest BCUT2D eigenvalue weighted by Gasteiger charge is 2.24. The first kappa shape index (κ1) is 19.2. The normalized spacial score (nSPS) is 13.5. The van der Waals surface area contributed by atoms with Gasteiger partial charge in [-0.25, -0.2) is 0 Å². The Morgan fingerprint density at radius 3 is 2.43 bits per heavy atom. The molecule has 1 rings (SSSR count). The van der Waals surface area contributed by atoms with E-state index in [1.807, 2.05) is 39.8 Å². The second-order valence-corrected chi connectivity index (χ2v) is 6.15. The number of amides is 2. The minimum absolute atomic E-state index is 0.0286. The van der Waals surface area contributed by atoms with Crippen molar-refractivity contribution in [3.63, 3.8) is 0 Å². The van der Waals surface area contributed by atoms with E-state index in [1.165, 1.54) is 0 Å². The molecule has 0 aliphatic carbocycles. The van der Waals surface area contributed by atoms with Gasteiger partial charge in [-0.05, 0) is 37.3 Å². The standard InChI is InChI=1S/C18H28N2O3/c1-5-14(21)10-11-19-18(23)16(12(2)3)20-17(22)15-9-7-6-8-13(15)4/h6-9,12,14,16,21H,5,10-11H2,1-4H3,(H,19,23)(H,20,22). The Balaban J connectivity index is 2.66. The largest absolute Gasteiger partial charge is 0.393 e. The van der Waals surface area contributed by atoms with E-state index in [4.69, 9.17) is 0 Å². The number of nitrogens with one attached hydrogen (secondary N) is 2. The molecular weight excluding hydrogens is 292 g/mol. The van der Waals surface area contributed by atoms with Crippen LogP contribution in [0.1, 0.15) is 49.5 Å². The first-order chi connectivity index (χ1) is 10.9. The molecule has 23 heavy (non-hydrogen) atoms. The zero-order valence-electron chi connectivity index (χ0n) is 14.4. The lowest BCUT2D eigenvalue weighted by Gasteiger charge is -2.22. The molecule has 0 aromatic heterocycles. The summed E-state index contributed by atoms with van der Waals surface area (Å²) in [5.41, 5.74) is 1.45. The number of hydrogen-bond acceptors (Lipinski definition) is 3. The smallest absolute Gasteiger partial charge is 0.252 e. The topological polar surface area (TPSA) is 78.4 Å². The van der Waals surface area contributed by atoms with Crippen LogP contribution in [-0.2, 0) is 4.79 Å². The van der Waals surface area contributed by atoms with Crippen LogP contribution < -0.4 is 10.6 Å². The fourth-order valence-electron chi connectivity index (χ4n) is 2.26. The number of aryl methyl sites for hydroxylation is 1. The summed E-state index contributed by atoms with van der Waals surface area (Å²) in [6, 6.07) is 6.69. The first-order valence-corrected chi connectivity index (χ1v) is 8.19. The van der Waals surface area contributed by atoms with Crippen molar-refractivity contribution in [2.45, 2.75) is 52.7 Å². The number of aliphatic hydroxyl groups excluding tert-OH is 1. The molecule has 2 amide bonds. The zero-order chi connectivity index (χ0) is 17.4. The van der Waals surface area contributed by atoms with Crippen molar-refractivity contribution < 1.29 is 14.7 Å². The van der Waals surface area contributed by atoms with Gasteiger partial charge in [0.05, 0.1) is 6.10 Å². The Hall–Kier alpha value is -1.88. The summed E-state index contributed by atoms with van der Waals surface area (Å²) < 4.78 is 0. The van der Waals surface area contributed by atoms with E-state index in [0.717, 1.165) is 5.56 Å². The molecule has 0 saturated heterocycles. The quantitative estimate of drug-likeness (QED) is 0.686. The molecule has 0 aliphatic heterocycles. The molecule has 0 spiro atoms. The molecule has 0 fully saturated rings. The van der Waals surface area contributed by atoms with Crippen molar-refractivity contribution in [3.8, 4) is 0 Å². The Labute approximate surface area is 138 Å². The van der Waals surface area contributed by atoms with Crippen LogP contribution in [0.25, 0.3) is 0 Å². The van der Waals surface area contributed by atoms with Gasteiger partial charge < -0.3 is 15.7 Å². The predicted octanol–water partition coefficient (Wildman–Crippen LogP) is 2.03. The monoisotopic (exact) mass is 320 g/mol. The van der Waals surface area contributed by atoms with Crippen LogP contribution >= 0.6 is 0 Å². The summed E-state index contributed by atoms with van der Waals surface area (Å²) in [4.78, 5) is 24.7. The van der Waals surface area contributed by atoms with Gasteiger partial charge in [0.25, 0.3) is 5.91 Å².